The van der Waals surface area contributed by atoms with Crippen LogP contribution >= 0.6 is 0 Å². The third kappa shape index (κ3) is 3.18. The van der Waals surface area contributed by atoms with E-state index in [1.54, 1.807) is 12.1 Å². The Labute approximate surface area is 88.9 Å². The number of halogens is 1. The molecule has 4 heteroatoms. The summed E-state index contributed by atoms with van der Waals surface area (Å²) in [5.74, 6) is -0.124. The molecule has 1 aromatic carbocycles. The van der Waals surface area contributed by atoms with E-state index in [0.717, 1.165) is 5.56 Å². The van der Waals surface area contributed by atoms with E-state index in [0.29, 0.717) is 6.54 Å². The molecular weight excluding hydrogens is 197 g/mol. The minimum atomic E-state index is -0.365. The topological polar surface area (TPSA) is 41.5 Å². The molecule has 0 amide bonds. The van der Waals surface area contributed by atoms with Crippen molar-refractivity contribution >= 4 is 0 Å². The van der Waals surface area contributed by atoms with E-state index in [-0.39, 0.29) is 24.2 Å². The fourth-order valence-corrected chi connectivity index (χ4v) is 1.34. The monoisotopic (exact) mass is 213 g/mol. The zero-order valence-electron chi connectivity index (χ0n) is 8.96. The Kier molecular flexibility index (Phi) is 4.52. The fourth-order valence-electron chi connectivity index (χ4n) is 1.34. The normalized spacial score (nSPS) is 12.5. The van der Waals surface area contributed by atoms with Crippen molar-refractivity contribution < 1.29 is 14.2 Å². The van der Waals surface area contributed by atoms with Crippen LogP contribution in [-0.4, -0.2) is 25.4 Å². The van der Waals surface area contributed by atoms with Gasteiger partial charge in [0.15, 0.2) is 11.6 Å². The highest BCUT2D eigenvalue weighted by atomic mass is 19.1. The molecule has 0 radical (unpaired) electrons. The summed E-state index contributed by atoms with van der Waals surface area (Å²) in [5, 5.41) is 11.8. The lowest BCUT2D eigenvalue weighted by atomic mass is 10.1. The quantitative estimate of drug-likeness (QED) is 0.778. The van der Waals surface area contributed by atoms with E-state index in [2.05, 4.69) is 5.32 Å². The minimum absolute atomic E-state index is 0.0617. The summed E-state index contributed by atoms with van der Waals surface area (Å²) in [6.07, 6.45) is 0. The highest BCUT2D eigenvalue weighted by Gasteiger charge is 2.08. The lowest BCUT2D eigenvalue weighted by Gasteiger charge is -2.14. The molecule has 0 aromatic heterocycles. The van der Waals surface area contributed by atoms with Crippen LogP contribution in [0.4, 0.5) is 4.39 Å². The molecule has 3 nitrogen and oxygen atoms in total. The van der Waals surface area contributed by atoms with E-state index >= 15 is 0 Å². The summed E-state index contributed by atoms with van der Waals surface area (Å²) in [6, 6.07) is 4.80. The van der Waals surface area contributed by atoms with Gasteiger partial charge in [0.05, 0.1) is 13.7 Å². The summed E-state index contributed by atoms with van der Waals surface area (Å²) in [5.41, 5.74) is 0.932. The van der Waals surface area contributed by atoms with Gasteiger partial charge in [-0.05, 0) is 24.6 Å². The van der Waals surface area contributed by atoms with Crippen molar-refractivity contribution in [3.63, 3.8) is 0 Å². The predicted octanol–water partition coefficient (Wildman–Crippen LogP) is 1.48. The van der Waals surface area contributed by atoms with Gasteiger partial charge in [0.1, 0.15) is 0 Å². The zero-order chi connectivity index (χ0) is 11.3. The number of benzene rings is 1. The number of aliphatic hydroxyl groups is 1. The van der Waals surface area contributed by atoms with Gasteiger partial charge in [0, 0.05) is 12.6 Å². The number of methoxy groups -OCH3 is 1. The maximum atomic E-state index is 13.1. The molecule has 0 saturated carbocycles. The molecular formula is C11H16FNO2. The molecule has 1 aromatic rings. The van der Waals surface area contributed by atoms with Crippen LogP contribution in [0.2, 0.25) is 0 Å². The van der Waals surface area contributed by atoms with Crippen LogP contribution in [0.3, 0.4) is 0 Å². The van der Waals surface area contributed by atoms with Crippen molar-refractivity contribution in [3.05, 3.63) is 29.6 Å². The Balaban J connectivity index is 2.76. The van der Waals surface area contributed by atoms with Crippen LogP contribution < -0.4 is 10.1 Å². The molecule has 2 N–H and O–H groups in total. The van der Waals surface area contributed by atoms with Gasteiger partial charge >= 0.3 is 0 Å². The predicted molar refractivity (Wildman–Crippen MR) is 56.5 cm³/mol. The van der Waals surface area contributed by atoms with Crippen LogP contribution in [0.5, 0.6) is 5.75 Å². The zero-order valence-corrected chi connectivity index (χ0v) is 8.96. The maximum Gasteiger partial charge on any atom is 0.165 e. The average Bonchev–Trinajstić information content (AvgIpc) is 2.26. The van der Waals surface area contributed by atoms with Gasteiger partial charge in [-0.1, -0.05) is 6.07 Å². The third-order valence-corrected chi connectivity index (χ3v) is 2.24. The Bertz CT molecular complexity index is 317. The summed E-state index contributed by atoms with van der Waals surface area (Å²) in [4.78, 5) is 0. The van der Waals surface area contributed by atoms with Crippen molar-refractivity contribution in [2.75, 3.05) is 20.3 Å². The van der Waals surface area contributed by atoms with Crippen molar-refractivity contribution in [2.45, 2.75) is 13.0 Å². The maximum absolute atomic E-state index is 13.1. The molecule has 0 saturated heterocycles. The van der Waals surface area contributed by atoms with Gasteiger partial charge in [0.25, 0.3) is 0 Å². The second-order valence-electron chi connectivity index (χ2n) is 3.29. The van der Waals surface area contributed by atoms with Gasteiger partial charge in [-0.15, -0.1) is 0 Å². The second-order valence-corrected chi connectivity index (χ2v) is 3.29. The number of rotatable bonds is 5. The van der Waals surface area contributed by atoms with E-state index in [4.69, 9.17) is 9.84 Å². The van der Waals surface area contributed by atoms with Gasteiger partial charge in [-0.3, -0.25) is 0 Å². The van der Waals surface area contributed by atoms with Gasteiger partial charge in [-0.25, -0.2) is 4.39 Å². The van der Waals surface area contributed by atoms with Crippen LogP contribution in [0.1, 0.15) is 18.5 Å². The first-order chi connectivity index (χ1) is 7.19. The molecule has 0 aliphatic carbocycles. The number of nitrogens with one attached hydrogen (secondary N) is 1. The Morgan fingerprint density at radius 2 is 2.27 bits per heavy atom. The molecule has 84 valence electrons. The van der Waals surface area contributed by atoms with Crippen LogP contribution in [-0.2, 0) is 0 Å². The Morgan fingerprint density at radius 1 is 1.53 bits per heavy atom. The number of ether oxygens (including phenoxy) is 1. The summed E-state index contributed by atoms with van der Waals surface area (Å²) >= 11 is 0. The first-order valence-electron chi connectivity index (χ1n) is 4.86. The van der Waals surface area contributed by atoms with Gasteiger partial charge in [-0.2, -0.15) is 0 Å². The van der Waals surface area contributed by atoms with Crippen LogP contribution in [0.15, 0.2) is 18.2 Å². The molecule has 0 bridgehead atoms. The molecule has 0 fully saturated rings. The first-order valence-corrected chi connectivity index (χ1v) is 4.86. The molecule has 15 heavy (non-hydrogen) atoms. The molecule has 0 aliphatic rings. The Hall–Kier alpha value is -1.13. The average molecular weight is 213 g/mol. The molecule has 0 heterocycles. The van der Waals surface area contributed by atoms with E-state index < -0.39 is 0 Å². The highest BCUT2D eigenvalue weighted by molar-refractivity contribution is 5.31. The fraction of sp³-hybridized carbons (Fsp3) is 0.455. The lowest BCUT2D eigenvalue weighted by molar-refractivity contribution is 0.286. The first kappa shape index (κ1) is 11.9. The molecule has 1 atom stereocenters. The van der Waals surface area contributed by atoms with Crippen molar-refractivity contribution in [1.82, 2.24) is 5.32 Å². The summed E-state index contributed by atoms with van der Waals surface area (Å²) in [7, 11) is 1.44. The van der Waals surface area contributed by atoms with Gasteiger partial charge in [0.2, 0.25) is 0 Å². The number of hydrogen-bond donors (Lipinski definition) is 2. The smallest absolute Gasteiger partial charge is 0.165 e. The lowest BCUT2D eigenvalue weighted by Crippen LogP contribution is -2.22. The summed E-state index contributed by atoms with van der Waals surface area (Å²) in [6.45, 7) is 2.55. The van der Waals surface area contributed by atoms with Crippen molar-refractivity contribution in [3.8, 4) is 5.75 Å². The van der Waals surface area contributed by atoms with E-state index in [1.807, 2.05) is 6.92 Å². The van der Waals surface area contributed by atoms with Gasteiger partial charge < -0.3 is 15.2 Å². The summed E-state index contributed by atoms with van der Waals surface area (Å²) < 4.78 is 18.0. The Morgan fingerprint density at radius 3 is 2.87 bits per heavy atom. The largest absolute Gasteiger partial charge is 0.494 e. The SMILES string of the molecule is COc1cc(C(C)NCCO)ccc1F. The van der Waals surface area contributed by atoms with Crippen molar-refractivity contribution in [1.29, 1.82) is 0 Å². The third-order valence-electron chi connectivity index (χ3n) is 2.24. The number of aliphatic hydroxyl groups excluding tert-OH is 1. The van der Waals surface area contributed by atoms with E-state index in [9.17, 15) is 4.39 Å². The van der Waals surface area contributed by atoms with Crippen molar-refractivity contribution in [2.24, 2.45) is 0 Å². The van der Waals surface area contributed by atoms with Crippen LogP contribution in [0.25, 0.3) is 0 Å². The molecule has 0 aliphatic heterocycles. The number of hydrogen-bond acceptors (Lipinski definition) is 3. The van der Waals surface area contributed by atoms with E-state index in [1.165, 1.54) is 13.2 Å². The molecule has 1 rings (SSSR count). The van der Waals surface area contributed by atoms with Crippen LogP contribution in [0, 0.1) is 5.82 Å². The standard InChI is InChI=1S/C11H16FNO2/c1-8(13-5-6-14)9-3-4-10(12)11(7-9)15-2/h3-4,7-8,13-14H,5-6H2,1-2H3. The second kappa shape index (κ2) is 5.68. The highest BCUT2D eigenvalue weighted by Crippen LogP contribution is 2.22. The molecule has 0 spiro atoms. The minimum Gasteiger partial charge on any atom is -0.494 e. The molecule has 1 unspecified atom stereocenters.